The standard InChI is InChI=1S/C19H25F3N2O.CO2/c1-5-16-13(3)18(24(6-2)23-16)15-10-9-14(12-17(15)25-4)8-7-11-19(20,21)22;2-1-3/h9-10,12H,5-8,11H2,1-4H3;. The first-order chi connectivity index (χ1) is 13.2. The summed E-state index contributed by atoms with van der Waals surface area (Å²) in [7, 11) is 1.58. The lowest BCUT2D eigenvalue weighted by molar-refractivity contribution is -0.191. The lowest BCUT2D eigenvalue weighted by Gasteiger charge is -2.13. The Labute approximate surface area is 162 Å². The molecule has 0 aliphatic heterocycles. The van der Waals surface area contributed by atoms with Crippen molar-refractivity contribution >= 4 is 6.15 Å². The van der Waals surface area contributed by atoms with Crippen LogP contribution in [0.15, 0.2) is 18.2 Å². The normalized spacial score (nSPS) is 10.8. The average molecular weight is 398 g/mol. The fourth-order valence-corrected chi connectivity index (χ4v) is 3.09. The molecular weight excluding hydrogens is 373 g/mol. The number of rotatable bonds is 7. The van der Waals surface area contributed by atoms with Crippen molar-refractivity contribution < 1.29 is 27.5 Å². The van der Waals surface area contributed by atoms with Crippen molar-refractivity contribution in [2.45, 2.75) is 59.2 Å². The van der Waals surface area contributed by atoms with E-state index in [1.807, 2.05) is 36.7 Å². The number of nitrogens with zero attached hydrogens (tertiary/aromatic N) is 2. The molecule has 1 heterocycles. The molecule has 0 saturated heterocycles. The predicted molar refractivity (Wildman–Crippen MR) is 98.0 cm³/mol. The fraction of sp³-hybridized carbons (Fsp3) is 0.500. The average Bonchev–Trinajstić information content (AvgIpc) is 2.96. The molecular formula is C20H25F3N2O3. The van der Waals surface area contributed by atoms with E-state index in [0.717, 1.165) is 41.0 Å². The summed E-state index contributed by atoms with van der Waals surface area (Å²) in [6.07, 6.45) is -3.31. The largest absolute Gasteiger partial charge is 0.496 e. The summed E-state index contributed by atoms with van der Waals surface area (Å²) in [5.41, 5.74) is 4.95. The zero-order valence-corrected chi connectivity index (χ0v) is 16.5. The van der Waals surface area contributed by atoms with Gasteiger partial charge in [0.1, 0.15) is 5.75 Å². The lowest BCUT2D eigenvalue weighted by Crippen LogP contribution is -2.07. The number of aryl methyl sites for hydroxylation is 3. The van der Waals surface area contributed by atoms with Gasteiger partial charge >= 0.3 is 12.3 Å². The number of halogens is 3. The maximum Gasteiger partial charge on any atom is 0.389 e. The van der Waals surface area contributed by atoms with Gasteiger partial charge in [0.15, 0.2) is 0 Å². The Hall–Kier alpha value is -2.60. The number of alkyl halides is 3. The Balaban J connectivity index is 0.00000122. The molecule has 0 fully saturated rings. The molecule has 0 amide bonds. The highest BCUT2D eigenvalue weighted by molar-refractivity contribution is 5.71. The van der Waals surface area contributed by atoms with Gasteiger partial charge in [0, 0.05) is 18.5 Å². The minimum absolute atomic E-state index is 0.0813. The molecule has 0 aliphatic carbocycles. The lowest BCUT2D eigenvalue weighted by atomic mass is 10.0. The summed E-state index contributed by atoms with van der Waals surface area (Å²) < 4.78 is 44.4. The second-order valence-electron chi connectivity index (χ2n) is 6.18. The van der Waals surface area contributed by atoms with Gasteiger partial charge in [0.25, 0.3) is 0 Å². The highest BCUT2D eigenvalue weighted by Crippen LogP contribution is 2.35. The number of hydrogen-bond acceptors (Lipinski definition) is 4. The maximum atomic E-state index is 12.3. The molecule has 28 heavy (non-hydrogen) atoms. The number of ether oxygens (including phenoxy) is 1. The van der Waals surface area contributed by atoms with Crippen LogP contribution in [-0.2, 0) is 29.0 Å². The summed E-state index contributed by atoms with van der Waals surface area (Å²) >= 11 is 0. The van der Waals surface area contributed by atoms with Crippen molar-refractivity contribution in [3.05, 3.63) is 35.0 Å². The third-order valence-corrected chi connectivity index (χ3v) is 4.37. The van der Waals surface area contributed by atoms with Crippen LogP contribution in [-0.4, -0.2) is 29.2 Å². The number of aromatic nitrogens is 2. The van der Waals surface area contributed by atoms with Gasteiger partial charge < -0.3 is 4.74 Å². The van der Waals surface area contributed by atoms with Crippen molar-refractivity contribution in [2.24, 2.45) is 0 Å². The van der Waals surface area contributed by atoms with Crippen LogP contribution in [0.1, 0.15) is 43.5 Å². The molecule has 0 saturated carbocycles. The second-order valence-corrected chi connectivity index (χ2v) is 6.18. The topological polar surface area (TPSA) is 61.2 Å². The highest BCUT2D eigenvalue weighted by atomic mass is 19.4. The number of methoxy groups -OCH3 is 1. The van der Waals surface area contributed by atoms with Crippen LogP contribution >= 0.6 is 0 Å². The molecule has 1 aromatic carbocycles. The number of hydrogen-bond donors (Lipinski definition) is 0. The molecule has 0 spiro atoms. The van der Waals surface area contributed by atoms with E-state index in [9.17, 15) is 13.2 Å². The molecule has 0 unspecified atom stereocenters. The number of carbonyl (C=O) groups excluding carboxylic acids is 2. The first kappa shape index (κ1) is 23.4. The highest BCUT2D eigenvalue weighted by Gasteiger charge is 2.26. The van der Waals surface area contributed by atoms with Gasteiger partial charge in [0.05, 0.1) is 18.5 Å². The smallest absolute Gasteiger partial charge is 0.389 e. The van der Waals surface area contributed by atoms with Crippen molar-refractivity contribution in [1.82, 2.24) is 9.78 Å². The van der Waals surface area contributed by atoms with Gasteiger partial charge in [-0.05, 0) is 56.4 Å². The summed E-state index contributed by atoms with van der Waals surface area (Å²) in [5.74, 6) is 0.671. The van der Waals surface area contributed by atoms with Crippen molar-refractivity contribution in [2.75, 3.05) is 7.11 Å². The van der Waals surface area contributed by atoms with E-state index in [4.69, 9.17) is 14.3 Å². The summed E-state index contributed by atoms with van der Waals surface area (Å²) in [4.78, 5) is 16.2. The van der Waals surface area contributed by atoms with Crippen molar-refractivity contribution in [3.63, 3.8) is 0 Å². The Kier molecular flexibility index (Phi) is 8.92. The monoisotopic (exact) mass is 398 g/mol. The van der Waals surface area contributed by atoms with Crippen LogP contribution < -0.4 is 4.74 Å². The summed E-state index contributed by atoms with van der Waals surface area (Å²) in [5, 5.41) is 4.63. The van der Waals surface area contributed by atoms with Gasteiger partial charge in [-0.15, -0.1) is 0 Å². The third kappa shape index (κ3) is 6.23. The van der Waals surface area contributed by atoms with Crippen molar-refractivity contribution in [3.8, 4) is 17.0 Å². The van der Waals surface area contributed by atoms with E-state index in [2.05, 4.69) is 12.0 Å². The molecule has 2 rings (SSSR count). The second kappa shape index (κ2) is 10.7. The van der Waals surface area contributed by atoms with Gasteiger partial charge in [-0.25, -0.2) is 0 Å². The molecule has 0 atom stereocenters. The Bertz CT molecular complexity index is 808. The Morgan fingerprint density at radius 3 is 2.36 bits per heavy atom. The van der Waals surface area contributed by atoms with Gasteiger partial charge in [-0.2, -0.15) is 27.9 Å². The molecule has 5 nitrogen and oxygen atoms in total. The third-order valence-electron chi connectivity index (χ3n) is 4.37. The summed E-state index contributed by atoms with van der Waals surface area (Å²) in [6.45, 7) is 6.89. The molecule has 0 radical (unpaired) electrons. The van der Waals surface area contributed by atoms with E-state index < -0.39 is 12.6 Å². The zero-order valence-electron chi connectivity index (χ0n) is 16.5. The predicted octanol–water partition coefficient (Wildman–Crippen LogP) is 4.75. The van der Waals surface area contributed by atoms with E-state index in [-0.39, 0.29) is 12.6 Å². The van der Waals surface area contributed by atoms with Gasteiger partial charge in [-0.3, -0.25) is 4.68 Å². The van der Waals surface area contributed by atoms with E-state index >= 15 is 0 Å². The minimum atomic E-state index is -4.11. The molecule has 154 valence electrons. The van der Waals surface area contributed by atoms with E-state index in [0.29, 0.717) is 12.2 Å². The zero-order chi connectivity index (χ0) is 21.3. The maximum absolute atomic E-state index is 12.3. The molecule has 8 heteroatoms. The van der Waals surface area contributed by atoms with Gasteiger partial charge in [-0.1, -0.05) is 13.0 Å². The minimum Gasteiger partial charge on any atom is -0.496 e. The molecule has 0 aliphatic rings. The number of benzene rings is 1. The van der Waals surface area contributed by atoms with Crippen LogP contribution in [0, 0.1) is 6.92 Å². The van der Waals surface area contributed by atoms with Crippen LogP contribution in [0.5, 0.6) is 5.75 Å². The van der Waals surface area contributed by atoms with Crippen molar-refractivity contribution in [1.29, 1.82) is 0 Å². The summed E-state index contributed by atoms with van der Waals surface area (Å²) in [6, 6.07) is 5.65. The quantitative estimate of drug-likeness (QED) is 0.675. The van der Waals surface area contributed by atoms with Gasteiger partial charge in [0.2, 0.25) is 0 Å². The fourth-order valence-electron chi connectivity index (χ4n) is 3.09. The Morgan fingerprint density at radius 1 is 1.21 bits per heavy atom. The van der Waals surface area contributed by atoms with Crippen LogP contribution in [0.4, 0.5) is 13.2 Å². The molecule has 2 aromatic rings. The van der Waals surface area contributed by atoms with E-state index in [1.54, 1.807) is 7.11 Å². The molecule has 1 aromatic heterocycles. The SMILES string of the molecule is CCc1nn(CC)c(-c2ccc(CCCC(F)(F)F)cc2OC)c1C.O=C=O. The van der Waals surface area contributed by atoms with Crippen LogP contribution in [0.2, 0.25) is 0 Å². The van der Waals surface area contributed by atoms with E-state index in [1.165, 1.54) is 0 Å². The van der Waals surface area contributed by atoms with Crippen LogP contribution in [0.25, 0.3) is 11.3 Å². The first-order valence-corrected chi connectivity index (χ1v) is 9.01. The molecule has 0 bridgehead atoms. The molecule has 0 N–H and O–H groups in total. The Morgan fingerprint density at radius 2 is 1.86 bits per heavy atom. The van der Waals surface area contributed by atoms with Crippen LogP contribution in [0.3, 0.4) is 0 Å². The first-order valence-electron chi connectivity index (χ1n) is 9.01.